The average Bonchev–Trinajstić information content (AvgIpc) is 2.82. The van der Waals surface area contributed by atoms with Crippen molar-refractivity contribution in [2.24, 2.45) is 5.92 Å². The van der Waals surface area contributed by atoms with Crippen molar-refractivity contribution in [1.82, 2.24) is 9.21 Å². The van der Waals surface area contributed by atoms with Crippen molar-refractivity contribution >= 4 is 21.9 Å². The second-order valence-corrected chi connectivity index (χ2v) is 10.5. The van der Waals surface area contributed by atoms with Gasteiger partial charge in [-0.3, -0.25) is 9.59 Å². The lowest BCUT2D eigenvalue weighted by molar-refractivity contribution is -0.156. The Labute approximate surface area is 200 Å². The van der Waals surface area contributed by atoms with Gasteiger partial charge in [0.25, 0.3) is 5.91 Å². The molecule has 1 fully saturated rings. The Morgan fingerprint density at radius 1 is 1.09 bits per heavy atom. The molecule has 1 aliphatic heterocycles. The maximum Gasteiger partial charge on any atom is 0.309 e. The number of benzene rings is 2. The number of hydrogen-bond donors (Lipinski definition) is 0. The van der Waals surface area contributed by atoms with Crippen molar-refractivity contribution in [2.45, 2.75) is 45.1 Å². The molecule has 9 heteroatoms. The van der Waals surface area contributed by atoms with Gasteiger partial charge in [-0.1, -0.05) is 18.2 Å². The summed E-state index contributed by atoms with van der Waals surface area (Å²) in [5.41, 5.74) is 2.58. The number of hydrogen-bond acceptors (Lipinski definition) is 5. The first-order valence-electron chi connectivity index (χ1n) is 11.4. The zero-order chi connectivity index (χ0) is 24.9. The molecule has 0 radical (unpaired) electrons. The minimum absolute atomic E-state index is 0.212. The van der Waals surface area contributed by atoms with E-state index in [1.807, 2.05) is 13.8 Å². The summed E-state index contributed by atoms with van der Waals surface area (Å²) in [6, 6.07) is 11.1. The Morgan fingerprint density at radius 3 is 2.41 bits per heavy atom. The van der Waals surface area contributed by atoms with E-state index in [0.717, 1.165) is 11.1 Å². The molecule has 184 valence electrons. The topological polar surface area (TPSA) is 84.0 Å². The zero-order valence-corrected chi connectivity index (χ0v) is 20.6. The maximum absolute atomic E-state index is 13.4. The second kappa shape index (κ2) is 11.1. The lowest BCUT2D eigenvalue weighted by Gasteiger charge is -2.30. The van der Waals surface area contributed by atoms with Crippen LogP contribution in [0.5, 0.6) is 0 Å². The van der Waals surface area contributed by atoms with Crippen LogP contribution in [0.4, 0.5) is 4.39 Å². The van der Waals surface area contributed by atoms with Crippen molar-refractivity contribution in [3.05, 3.63) is 65.0 Å². The molecule has 0 aliphatic carbocycles. The van der Waals surface area contributed by atoms with Gasteiger partial charge in [-0.05, 0) is 74.6 Å². The fraction of sp³-hybridized carbons (Fsp3) is 0.440. The molecule has 1 amide bonds. The molecule has 0 atom stereocenters. The summed E-state index contributed by atoms with van der Waals surface area (Å²) >= 11 is 0. The number of amides is 1. The molecule has 0 spiro atoms. The van der Waals surface area contributed by atoms with Gasteiger partial charge in [-0.2, -0.15) is 4.31 Å². The van der Waals surface area contributed by atoms with E-state index in [1.54, 1.807) is 37.3 Å². The van der Waals surface area contributed by atoms with E-state index in [1.165, 1.54) is 21.3 Å². The van der Waals surface area contributed by atoms with E-state index in [2.05, 4.69) is 0 Å². The molecule has 1 aliphatic rings. The Hall–Kier alpha value is -2.78. The molecule has 3 rings (SSSR count). The molecular weight excluding hydrogens is 459 g/mol. The van der Waals surface area contributed by atoms with Crippen molar-refractivity contribution in [2.75, 3.05) is 26.2 Å². The quantitative estimate of drug-likeness (QED) is 0.530. The molecule has 0 aromatic heterocycles. The second-order valence-electron chi connectivity index (χ2n) is 8.57. The van der Waals surface area contributed by atoms with E-state index in [0.29, 0.717) is 24.9 Å². The lowest BCUT2D eigenvalue weighted by Crippen LogP contribution is -2.41. The summed E-state index contributed by atoms with van der Waals surface area (Å²) in [5, 5.41) is 0. The minimum Gasteiger partial charge on any atom is -0.455 e. The standard InChI is InChI=1S/C25H31FN2O5S/c1-4-27(16-20-6-5-7-22(26)15-20)24(29)17-33-25(30)21-10-12-28(13-11-21)34(31,32)23-9-8-18(2)19(3)14-23/h5-9,14-15,21H,4,10-13,16-17H2,1-3H3. The van der Waals surface area contributed by atoms with Gasteiger partial charge >= 0.3 is 5.97 Å². The fourth-order valence-corrected chi connectivity index (χ4v) is 5.48. The summed E-state index contributed by atoms with van der Waals surface area (Å²) in [7, 11) is -3.63. The number of sulfonamides is 1. The molecule has 2 aromatic carbocycles. The predicted octanol–water partition coefficient (Wildman–Crippen LogP) is 3.44. The molecular formula is C25H31FN2O5S. The number of piperidine rings is 1. The predicted molar refractivity (Wildman–Crippen MR) is 126 cm³/mol. The van der Waals surface area contributed by atoms with Crippen LogP contribution in [0, 0.1) is 25.6 Å². The summed E-state index contributed by atoms with van der Waals surface area (Å²) in [4.78, 5) is 26.8. The Balaban J connectivity index is 1.51. The summed E-state index contributed by atoms with van der Waals surface area (Å²) in [5.74, 6) is -1.70. The monoisotopic (exact) mass is 490 g/mol. The number of ether oxygens (including phenoxy) is 1. The number of nitrogens with zero attached hydrogens (tertiary/aromatic N) is 2. The first-order valence-corrected chi connectivity index (χ1v) is 12.8. The maximum atomic E-state index is 13.4. The van der Waals surface area contributed by atoms with Gasteiger partial charge in [0.15, 0.2) is 6.61 Å². The zero-order valence-electron chi connectivity index (χ0n) is 19.8. The molecule has 0 saturated carbocycles. The van der Waals surface area contributed by atoms with E-state index in [9.17, 15) is 22.4 Å². The van der Waals surface area contributed by atoms with E-state index in [4.69, 9.17) is 4.74 Å². The van der Waals surface area contributed by atoms with E-state index in [-0.39, 0.29) is 36.3 Å². The Morgan fingerprint density at radius 2 is 1.79 bits per heavy atom. The Bertz CT molecular complexity index is 1140. The molecule has 7 nitrogen and oxygen atoms in total. The van der Waals surface area contributed by atoms with E-state index >= 15 is 0 Å². The highest BCUT2D eigenvalue weighted by atomic mass is 32.2. The third-order valence-electron chi connectivity index (χ3n) is 6.24. The van der Waals surface area contributed by atoms with Crippen LogP contribution >= 0.6 is 0 Å². The van der Waals surface area contributed by atoms with Gasteiger partial charge in [0.2, 0.25) is 10.0 Å². The van der Waals surface area contributed by atoms with Gasteiger partial charge in [-0.25, -0.2) is 12.8 Å². The summed E-state index contributed by atoms with van der Waals surface area (Å²) in [6.45, 7) is 6.23. The van der Waals surface area contributed by atoms with Crippen LogP contribution in [0.25, 0.3) is 0 Å². The van der Waals surface area contributed by atoms with Gasteiger partial charge in [0, 0.05) is 26.2 Å². The number of aryl methyl sites for hydroxylation is 2. The fourth-order valence-electron chi connectivity index (χ4n) is 3.93. The number of halogens is 1. The number of esters is 1. The number of carbonyl (C=O) groups excluding carboxylic acids is 2. The molecule has 0 unspecified atom stereocenters. The van der Waals surface area contributed by atoms with E-state index < -0.39 is 28.5 Å². The van der Waals surface area contributed by atoms with Crippen LogP contribution in [0.3, 0.4) is 0 Å². The van der Waals surface area contributed by atoms with Gasteiger partial charge in [-0.15, -0.1) is 0 Å². The Kier molecular flexibility index (Phi) is 8.43. The highest BCUT2D eigenvalue weighted by molar-refractivity contribution is 7.89. The molecule has 2 aromatic rings. The summed E-state index contributed by atoms with van der Waals surface area (Å²) < 4.78 is 46.0. The first kappa shape index (κ1) is 25.8. The van der Waals surface area contributed by atoms with Crippen LogP contribution in [0.2, 0.25) is 0 Å². The van der Waals surface area contributed by atoms with Crippen LogP contribution in [0.15, 0.2) is 47.4 Å². The molecule has 34 heavy (non-hydrogen) atoms. The van der Waals surface area contributed by atoms with Crippen molar-refractivity contribution < 1.29 is 27.1 Å². The molecule has 1 saturated heterocycles. The molecule has 1 heterocycles. The third kappa shape index (κ3) is 6.21. The molecule has 0 N–H and O–H groups in total. The van der Waals surface area contributed by atoms with Gasteiger partial charge < -0.3 is 9.64 Å². The largest absolute Gasteiger partial charge is 0.455 e. The van der Waals surface area contributed by atoms with Crippen LogP contribution in [-0.2, 0) is 30.9 Å². The minimum atomic E-state index is -3.63. The normalized spacial score (nSPS) is 15.2. The van der Waals surface area contributed by atoms with Crippen LogP contribution < -0.4 is 0 Å². The van der Waals surface area contributed by atoms with Gasteiger partial charge in [0.1, 0.15) is 5.82 Å². The number of carbonyl (C=O) groups is 2. The van der Waals surface area contributed by atoms with Crippen LogP contribution in [0.1, 0.15) is 36.5 Å². The number of rotatable bonds is 8. The average molecular weight is 491 g/mol. The van der Waals surface area contributed by atoms with Crippen molar-refractivity contribution in [3.8, 4) is 0 Å². The number of likely N-dealkylation sites (N-methyl/N-ethyl adjacent to an activating group) is 1. The van der Waals surface area contributed by atoms with Gasteiger partial charge in [0.05, 0.1) is 10.8 Å². The first-order chi connectivity index (χ1) is 16.1. The molecule has 0 bridgehead atoms. The summed E-state index contributed by atoms with van der Waals surface area (Å²) in [6.07, 6.45) is 0.662. The highest BCUT2D eigenvalue weighted by Crippen LogP contribution is 2.25. The van der Waals surface area contributed by atoms with Crippen LogP contribution in [-0.4, -0.2) is 55.7 Å². The highest BCUT2D eigenvalue weighted by Gasteiger charge is 2.33. The lowest BCUT2D eigenvalue weighted by atomic mass is 9.98. The third-order valence-corrected chi connectivity index (χ3v) is 8.13. The smallest absolute Gasteiger partial charge is 0.309 e. The van der Waals surface area contributed by atoms with Crippen molar-refractivity contribution in [1.29, 1.82) is 0 Å². The van der Waals surface area contributed by atoms with Crippen molar-refractivity contribution in [3.63, 3.8) is 0 Å². The SMILES string of the molecule is CCN(Cc1cccc(F)c1)C(=O)COC(=O)C1CCN(S(=O)(=O)c2ccc(C)c(C)c2)CC1.